The summed E-state index contributed by atoms with van der Waals surface area (Å²) in [5.74, 6) is 0.369. The van der Waals surface area contributed by atoms with Crippen LogP contribution >= 0.6 is 0 Å². The molecule has 2 heterocycles. The van der Waals surface area contributed by atoms with Crippen LogP contribution in [0, 0.1) is 5.82 Å². The normalized spacial score (nSPS) is 13.5. The molecule has 1 aliphatic rings. The van der Waals surface area contributed by atoms with Crippen LogP contribution in [0.2, 0.25) is 0 Å². The number of nitrogens with one attached hydrogen (secondary N) is 2. The van der Waals surface area contributed by atoms with Crippen molar-refractivity contribution in [2.75, 3.05) is 48.9 Å². The van der Waals surface area contributed by atoms with E-state index in [4.69, 9.17) is 9.47 Å². The van der Waals surface area contributed by atoms with Gasteiger partial charge in [0.2, 0.25) is 0 Å². The zero-order chi connectivity index (χ0) is 21.6. The number of halogens is 1. The van der Waals surface area contributed by atoms with Gasteiger partial charge in [0.05, 0.1) is 26.0 Å². The highest BCUT2D eigenvalue weighted by Gasteiger charge is 2.13. The highest BCUT2D eigenvalue weighted by molar-refractivity contribution is 6.00. The summed E-state index contributed by atoms with van der Waals surface area (Å²) in [5, 5.41) is 14.0. The molecule has 2 aromatic carbocycles. The number of methoxy groups -OCH3 is 1. The standard InChI is InChI=1S/C22H22FN5O3/c1-30-20-7-5-17(14-18(20)23)25-22(29)24-16-4-2-3-15(13-16)19-6-8-21(27-26-19)28-9-11-31-12-10-28/h2-8,13-14H,9-12H2,1H3,(H2,24,25,29). The molecule has 2 N–H and O–H groups in total. The van der Waals surface area contributed by atoms with Gasteiger partial charge in [-0.2, -0.15) is 0 Å². The van der Waals surface area contributed by atoms with E-state index >= 15 is 0 Å². The summed E-state index contributed by atoms with van der Waals surface area (Å²) in [6.07, 6.45) is 0. The zero-order valence-electron chi connectivity index (χ0n) is 17.0. The largest absolute Gasteiger partial charge is 0.494 e. The first-order valence-electron chi connectivity index (χ1n) is 9.81. The molecule has 8 nitrogen and oxygen atoms in total. The van der Waals surface area contributed by atoms with Crippen LogP contribution in [0.5, 0.6) is 5.75 Å². The molecule has 1 aliphatic heterocycles. The van der Waals surface area contributed by atoms with E-state index in [1.54, 1.807) is 18.2 Å². The third-order valence-electron chi connectivity index (χ3n) is 4.81. The molecular formula is C22H22FN5O3. The summed E-state index contributed by atoms with van der Waals surface area (Å²) < 4.78 is 24.0. The number of carbonyl (C=O) groups is 1. The fourth-order valence-corrected chi connectivity index (χ4v) is 3.23. The highest BCUT2D eigenvalue weighted by Crippen LogP contribution is 2.23. The van der Waals surface area contributed by atoms with Gasteiger partial charge in [0.1, 0.15) is 0 Å². The van der Waals surface area contributed by atoms with Gasteiger partial charge in [0.15, 0.2) is 17.4 Å². The van der Waals surface area contributed by atoms with Gasteiger partial charge >= 0.3 is 6.03 Å². The average molecular weight is 423 g/mol. The minimum Gasteiger partial charge on any atom is -0.494 e. The van der Waals surface area contributed by atoms with Gasteiger partial charge in [0, 0.05) is 36.1 Å². The summed E-state index contributed by atoms with van der Waals surface area (Å²) in [6, 6.07) is 14.8. The molecule has 4 rings (SSSR count). The first-order valence-corrected chi connectivity index (χ1v) is 9.81. The van der Waals surface area contributed by atoms with Gasteiger partial charge in [-0.3, -0.25) is 0 Å². The first-order chi connectivity index (χ1) is 15.1. The Hall–Kier alpha value is -3.72. The third-order valence-corrected chi connectivity index (χ3v) is 4.81. The molecule has 9 heteroatoms. The molecular weight excluding hydrogens is 401 g/mol. The maximum atomic E-state index is 13.8. The van der Waals surface area contributed by atoms with E-state index in [9.17, 15) is 9.18 Å². The van der Waals surface area contributed by atoms with Crippen molar-refractivity contribution in [2.24, 2.45) is 0 Å². The van der Waals surface area contributed by atoms with Crippen molar-refractivity contribution in [3.63, 3.8) is 0 Å². The van der Waals surface area contributed by atoms with Crippen LogP contribution in [0.15, 0.2) is 54.6 Å². The Balaban J connectivity index is 1.42. The first kappa shape index (κ1) is 20.5. The van der Waals surface area contributed by atoms with Gasteiger partial charge in [-0.1, -0.05) is 12.1 Å². The minimum absolute atomic E-state index is 0.111. The van der Waals surface area contributed by atoms with Crippen LogP contribution in [0.25, 0.3) is 11.3 Å². The number of urea groups is 1. The lowest BCUT2D eigenvalue weighted by atomic mass is 10.1. The fraction of sp³-hybridized carbons (Fsp3) is 0.227. The predicted molar refractivity (Wildman–Crippen MR) is 116 cm³/mol. The van der Waals surface area contributed by atoms with Crippen LogP contribution in [0.4, 0.5) is 26.4 Å². The van der Waals surface area contributed by atoms with Crippen LogP contribution < -0.4 is 20.3 Å². The van der Waals surface area contributed by atoms with Crippen molar-refractivity contribution in [2.45, 2.75) is 0 Å². The molecule has 0 unspecified atom stereocenters. The predicted octanol–water partition coefficient (Wildman–Crippen LogP) is 3.77. The number of amides is 2. The van der Waals surface area contributed by atoms with Crippen LogP contribution in [0.1, 0.15) is 0 Å². The molecule has 31 heavy (non-hydrogen) atoms. The molecule has 2 amide bonds. The Morgan fingerprint density at radius 1 is 1.03 bits per heavy atom. The SMILES string of the molecule is COc1ccc(NC(=O)Nc2cccc(-c3ccc(N4CCOCC4)nn3)c2)cc1F. The molecule has 0 aliphatic carbocycles. The number of aromatic nitrogens is 2. The van der Waals surface area contributed by atoms with E-state index in [1.165, 1.54) is 19.2 Å². The number of hydrogen-bond donors (Lipinski definition) is 2. The second-order valence-corrected chi connectivity index (χ2v) is 6.89. The Labute approximate surface area is 179 Å². The fourth-order valence-electron chi connectivity index (χ4n) is 3.23. The van der Waals surface area contributed by atoms with E-state index < -0.39 is 11.8 Å². The third kappa shape index (κ3) is 5.07. The van der Waals surface area contributed by atoms with Crippen molar-refractivity contribution in [3.8, 4) is 17.0 Å². The summed E-state index contributed by atoms with van der Waals surface area (Å²) in [5.41, 5.74) is 2.40. The smallest absolute Gasteiger partial charge is 0.323 e. The number of ether oxygens (including phenoxy) is 2. The van der Waals surface area contributed by atoms with E-state index in [2.05, 4.69) is 25.7 Å². The Morgan fingerprint density at radius 3 is 2.48 bits per heavy atom. The lowest BCUT2D eigenvalue weighted by molar-refractivity contribution is 0.122. The number of hydrogen-bond acceptors (Lipinski definition) is 6. The molecule has 0 atom stereocenters. The highest BCUT2D eigenvalue weighted by atomic mass is 19.1. The summed E-state index contributed by atoms with van der Waals surface area (Å²) >= 11 is 0. The number of anilines is 3. The second kappa shape index (κ2) is 9.40. The average Bonchev–Trinajstić information content (AvgIpc) is 2.80. The number of carbonyl (C=O) groups excluding carboxylic acids is 1. The van der Waals surface area contributed by atoms with Crippen LogP contribution in [-0.2, 0) is 4.74 Å². The van der Waals surface area contributed by atoms with Gasteiger partial charge in [-0.15, -0.1) is 10.2 Å². The molecule has 0 spiro atoms. The van der Waals surface area contributed by atoms with Crippen molar-refractivity contribution in [1.82, 2.24) is 10.2 Å². The summed E-state index contributed by atoms with van der Waals surface area (Å²) in [4.78, 5) is 14.4. The summed E-state index contributed by atoms with van der Waals surface area (Å²) in [7, 11) is 1.38. The van der Waals surface area contributed by atoms with Gasteiger partial charge in [-0.05, 0) is 36.4 Å². The van der Waals surface area contributed by atoms with Crippen molar-refractivity contribution >= 4 is 23.2 Å². The van der Waals surface area contributed by atoms with E-state index in [0.717, 1.165) is 24.5 Å². The van der Waals surface area contributed by atoms with Crippen molar-refractivity contribution in [1.29, 1.82) is 0 Å². The minimum atomic E-state index is -0.554. The van der Waals surface area contributed by atoms with Crippen molar-refractivity contribution in [3.05, 3.63) is 60.4 Å². The summed E-state index contributed by atoms with van der Waals surface area (Å²) in [6.45, 7) is 2.95. The molecule has 3 aromatic rings. The lowest BCUT2D eigenvalue weighted by Gasteiger charge is -2.27. The number of nitrogens with zero attached hydrogens (tertiary/aromatic N) is 3. The topological polar surface area (TPSA) is 88.6 Å². The Morgan fingerprint density at radius 2 is 1.81 bits per heavy atom. The van der Waals surface area contributed by atoms with E-state index in [1.807, 2.05) is 24.3 Å². The monoisotopic (exact) mass is 423 g/mol. The Bertz CT molecular complexity index is 1060. The maximum Gasteiger partial charge on any atom is 0.323 e. The molecule has 0 bridgehead atoms. The maximum absolute atomic E-state index is 13.8. The quantitative estimate of drug-likeness (QED) is 0.650. The molecule has 0 saturated carbocycles. The van der Waals surface area contributed by atoms with Crippen molar-refractivity contribution < 1.29 is 18.7 Å². The molecule has 1 aromatic heterocycles. The van der Waals surface area contributed by atoms with Crippen LogP contribution in [0.3, 0.4) is 0 Å². The molecule has 1 saturated heterocycles. The molecule has 1 fully saturated rings. The number of benzene rings is 2. The van der Waals surface area contributed by atoms with E-state index in [0.29, 0.717) is 30.3 Å². The Kier molecular flexibility index (Phi) is 6.23. The molecule has 160 valence electrons. The second-order valence-electron chi connectivity index (χ2n) is 6.89. The lowest BCUT2D eigenvalue weighted by Crippen LogP contribution is -2.36. The van der Waals surface area contributed by atoms with E-state index in [-0.39, 0.29) is 5.75 Å². The number of rotatable bonds is 5. The molecule has 0 radical (unpaired) electrons. The number of morpholine rings is 1. The zero-order valence-corrected chi connectivity index (χ0v) is 17.0. The van der Waals surface area contributed by atoms with Gasteiger partial charge in [0.25, 0.3) is 0 Å². The van der Waals surface area contributed by atoms with Gasteiger partial charge < -0.3 is 25.0 Å². The van der Waals surface area contributed by atoms with Crippen LogP contribution in [-0.4, -0.2) is 49.6 Å². The van der Waals surface area contributed by atoms with Gasteiger partial charge in [-0.25, -0.2) is 9.18 Å².